The predicted octanol–water partition coefficient (Wildman–Crippen LogP) is 3.51. The van der Waals surface area contributed by atoms with Crippen LogP contribution < -0.4 is 14.8 Å². The SMILES string of the molecule is COc1ccc(OC)c(NC(=O)CCN(CCCc2ccccc2)C(C)=O)c1. The molecule has 0 heterocycles. The molecule has 0 atom stereocenters. The lowest BCUT2D eigenvalue weighted by Gasteiger charge is -2.21. The monoisotopic (exact) mass is 384 g/mol. The normalized spacial score (nSPS) is 10.2. The maximum atomic E-state index is 12.4. The van der Waals surface area contributed by atoms with Gasteiger partial charge in [-0.05, 0) is 30.5 Å². The van der Waals surface area contributed by atoms with Crippen molar-refractivity contribution in [3.63, 3.8) is 0 Å². The predicted molar refractivity (Wildman–Crippen MR) is 110 cm³/mol. The number of methoxy groups -OCH3 is 2. The van der Waals surface area contributed by atoms with Crippen molar-refractivity contribution in [2.24, 2.45) is 0 Å². The Morgan fingerprint density at radius 3 is 2.39 bits per heavy atom. The molecule has 6 heteroatoms. The summed E-state index contributed by atoms with van der Waals surface area (Å²) in [5.74, 6) is 0.975. The van der Waals surface area contributed by atoms with Gasteiger partial charge in [0.05, 0.1) is 19.9 Å². The topological polar surface area (TPSA) is 67.9 Å². The largest absolute Gasteiger partial charge is 0.497 e. The Morgan fingerprint density at radius 1 is 1.00 bits per heavy atom. The molecule has 0 radical (unpaired) electrons. The summed E-state index contributed by atoms with van der Waals surface area (Å²) >= 11 is 0. The van der Waals surface area contributed by atoms with Crippen LogP contribution in [0.2, 0.25) is 0 Å². The second kappa shape index (κ2) is 11.0. The van der Waals surface area contributed by atoms with Crippen molar-refractivity contribution in [2.75, 3.05) is 32.6 Å². The summed E-state index contributed by atoms with van der Waals surface area (Å²) in [6.07, 6.45) is 1.97. The summed E-state index contributed by atoms with van der Waals surface area (Å²) in [4.78, 5) is 26.0. The Hall–Kier alpha value is -3.02. The fourth-order valence-electron chi connectivity index (χ4n) is 2.91. The third kappa shape index (κ3) is 6.61. The van der Waals surface area contributed by atoms with Gasteiger partial charge in [-0.25, -0.2) is 0 Å². The van der Waals surface area contributed by atoms with Crippen LogP contribution in [0.4, 0.5) is 5.69 Å². The maximum Gasteiger partial charge on any atom is 0.226 e. The van der Waals surface area contributed by atoms with E-state index in [1.165, 1.54) is 12.5 Å². The quantitative estimate of drug-likeness (QED) is 0.681. The number of nitrogens with one attached hydrogen (secondary N) is 1. The molecule has 0 spiro atoms. The van der Waals surface area contributed by atoms with Crippen molar-refractivity contribution in [1.29, 1.82) is 0 Å². The van der Waals surface area contributed by atoms with Crippen LogP contribution in [0, 0.1) is 0 Å². The molecule has 28 heavy (non-hydrogen) atoms. The zero-order chi connectivity index (χ0) is 20.4. The number of carbonyl (C=O) groups is 2. The van der Waals surface area contributed by atoms with Gasteiger partial charge in [-0.1, -0.05) is 30.3 Å². The molecule has 150 valence electrons. The summed E-state index contributed by atoms with van der Waals surface area (Å²) in [5.41, 5.74) is 1.79. The van der Waals surface area contributed by atoms with Gasteiger partial charge in [0, 0.05) is 32.5 Å². The molecule has 2 rings (SSSR count). The van der Waals surface area contributed by atoms with E-state index in [9.17, 15) is 9.59 Å². The van der Waals surface area contributed by atoms with Crippen LogP contribution in [0.15, 0.2) is 48.5 Å². The molecule has 0 bridgehead atoms. The fraction of sp³-hybridized carbons (Fsp3) is 0.364. The Bertz CT molecular complexity index is 777. The standard InChI is InChI=1S/C22H28N2O4/c1-17(25)24(14-7-10-18-8-5-4-6-9-18)15-13-22(26)23-20-16-19(27-2)11-12-21(20)28-3/h4-6,8-9,11-12,16H,7,10,13-15H2,1-3H3,(H,23,26). The number of hydrogen-bond donors (Lipinski definition) is 1. The van der Waals surface area contributed by atoms with E-state index in [0.717, 1.165) is 12.8 Å². The minimum Gasteiger partial charge on any atom is -0.497 e. The lowest BCUT2D eigenvalue weighted by molar-refractivity contribution is -0.129. The Balaban J connectivity index is 1.85. The highest BCUT2D eigenvalue weighted by Gasteiger charge is 2.13. The molecular weight excluding hydrogens is 356 g/mol. The van der Waals surface area contributed by atoms with Crippen molar-refractivity contribution in [3.05, 3.63) is 54.1 Å². The smallest absolute Gasteiger partial charge is 0.226 e. The Morgan fingerprint density at radius 2 is 1.75 bits per heavy atom. The van der Waals surface area contributed by atoms with Crippen molar-refractivity contribution in [2.45, 2.75) is 26.2 Å². The molecular formula is C22H28N2O4. The van der Waals surface area contributed by atoms with Gasteiger partial charge >= 0.3 is 0 Å². The molecule has 0 aromatic heterocycles. The van der Waals surface area contributed by atoms with Gasteiger partial charge < -0.3 is 19.7 Å². The average Bonchev–Trinajstić information content (AvgIpc) is 2.70. The van der Waals surface area contributed by atoms with Crippen LogP contribution >= 0.6 is 0 Å². The molecule has 0 aliphatic rings. The van der Waals surface area contributed by atoms with Crippen molar-refractivity contribution in [1.82, 2.24) is 4.90 Å². The zero-order valence-electron chi connectivity index (χ0n) is 16.7. The van der Waals surface area contributed by atoms with Gasteiger partial charge in [0.1, 0.15) is 11.5 Å². The van der Waals surface area contributed by atoms with Crippen LogP contribution in [0.25, 0.3) is 0 Å². The molecule has 0 unspecified atom stereocenters. The molecule has 2 amide bonds. The van der Waals surface area contributed by atoms with E-state index in [1.807, 2.05) is 18.2 Å². The van der Waals surface area contributed by atoms with Crippen LogP contribution in [0.5, 0.6) is 11.5 Å². The van der Waals surface area contributed by atoms with Gasteiger partial charge in [-0.3, -0.25) is 9.59 Å². The number of benzene rings is 2. The first-order valence-electron chi connectivity index (χ1n) is 9.34. The van der Waals surface area contributed by atoms with Gasteiger partial charge in [0.25, 0.3) is 0 Å². The number of aryl methyl sites for hydroxylation is 1. The van der Waals surface area contributed by atoms with E-state index < -0.39 is 0 Å². The van der Waals surface area contributed by atoms with E-state index in [1.54, 1.807) is 37.3 Å². The number of amides is 2. The van der Waals surface area contributed by atoms with Gasteiger partial charge in [-0.2, -0.15) is 0 Å². The Labute approximate surface area is 166 Å². The fourth-order valence-corrected chi connectivity index (χ4v) is 2.91. The lowest BCUT2D eigenvalue weighted by atomic mass is 10.1. The van der Waals surface area contributed by atoms with Crippen LogP contribution in [0.3, 0.4) is 0 Å². The first kappa shape index (κ1) is 21.3. The molecule has 0 aliphatic carbocycles. The minimum atomic E-state index is -0.180. The summed E-state index contributed by atoms with van der Waals surface area (Å²) < 4.78 is 10.5. The van der Waals surface area contributed by atoms with Gasteiger partial charge in [0.15, 0.2) is 0 Å². The molecule has 0 saturated carbocycles. The highest BCUT2D eigenvalue weighted by Crippen LogP contribution is 2.28. The summed E-state index contributed by atoms with van der Waals surface area (Å²) in [6.45, 7) is 2.54. The van der Waals surface area contributed by atoms with Crippen LogP contribution in [-0.2, 0) is 16.0 Å². The van der Waals surface area contributed by atoms with E-state index in [0.29, 0.717) is 30.3 Å². The van der Waals surface area contributed by atoms with Crippen LogP contribution in [0.1, 0.15) is 25.3 Å². The number of nitrogens with zero attached hydrogens (tertiary/aromatic N) is 1. The summed E-state index contributed by atoms with van der Waals surface area (Å²) in [6, 6.07) is 15.4. The van der Waals surface area contributed by atoms with E-state index in [-0.39, 0.29) is 18.2 Å². The van der Waals surface area contributed by atoms with E-state index in [4.69, 9.17) is 9.47 Å². The summed E-state index contributed by atoms with van der Waals surface area (Å²) in [5, 5.41) is 2.83. The molecule has 0 saturated heterocycles. The number of anilines is 1. The molecule has 6 nitrogen and oxygen atoms in total. The third-order valence-electron chi connectivity index (χ3n) is 4.47. The van der Waals surface area contributed by atoms with Crippen molar-refractivity contribution < 1.29 is 19.1 Å². The molecule has 0 fully saturated rings. The van der Waals surface area contributed by atoms with Crippen molar-refractivity contribution >= 4 is 17.5 Å². The van der Waals surface area contributed by atoms with Gasteiger partial charge in [0.2, 0.25) is 11.8 Å². The van der Waals surface area contributed by atoms with E-state index >= 15 is 0 Å². The average molecular weight is 384 g/mol. The number of hydrogen-bond acceptors (Lipinski definition) is 4. The van der Waals surface area contributed by atoms with Crippen molar-refractivity contribution in [3.8, 4) is 11.5 Å². The second-order valence-corrected chi connectivity index (χ2v) is 6.46. The molecule has 2 aromatic rings. The van der Waals surface area contributed by atoms with E-state index in [2.05, 4.69) is 17.4 Å². The minimum absolute atomic E-state index is 0.0279. The summed E-state index contributed by atoms with van der Waals surface area (Å²) in [7, 11) is 3.11. The zero-order valence-corrected chi connectivity index (χ0v) is 16.7. The first-order chi connectivity index (χ1) is 13.5. The molecule has 0 aliphatic heterocycles. The third-order valence-corrected chi connectivity index (χ3v) is 4.47. The number of rotatable bonds is 10. The molecule has 1 N–H and O–H groups in total. The number of carbonyl (C=O) groups excluding carboxylic acids is 2. The first-order valence-corrected chi connectivity index (χ1v) is 9.34. The van der Waals surface area contributed by atoms with Gasteiger partial charge in [-0.15, -0.1) is 0 Å². The maximum absolute atomic E-state index is 12.4. The molecule has 2 aromatic carbocycles. The highest BCUT2D eigenvalue weighted by molar-refractivity contribution is 5.92. The second-order valence-electron chi connectivity index (χ2n) is 6.46. The number of ether oxygens (including phenoxy) is 2. The lowest BCUT2D eigenvalue weighted by Crippen LogP contribution is -2.33. The Kier molecular flexibility index (Phi) is 8.34. The van der Waals surface area contributed by atoms with Crippen LogP contribution in [-0.4, -0.2) is 44.0 Å². The highest BCUT2D eigenvalue weighted by atomic mass is 16.5.